The summed E-state index contributed by atoms with van der Waals surface area (Å²) >= 11 is 3.21. The summed E-state index contributed by atoms with van der Waals surface area (Å²) in [6, 6.07) is 24.5. The van der Waals surface area contributed by atoms with Gasteiger partial charge in [-0.1, -0.05) is 84.6 Å². The van der Waals surface area contributed by atoms with Crippen LogP contribution in [-0.2, 0) is 16.1 Å². The fourth-order valence-electron chi connectivity index (χ4n) is 4.36. The van der Waals surface area contributed by atoms with E-state index in [1.165, 1.54) is 0 Å². The largest absolute Gasteiger partial charge is 0.392 e. The first kappa shape index (κ1) is 26.5. The van der Waals surface area contributed by atoms with Gasteiger partial charge in [-0.2, -0.15) is 0 Å². The number of aliphatic hydroxyl groups excluding tert-OH is 1. The lowest BCUT2D eigenvalue weighted by Gasteiger charge is -2.41. The maximum Gasteiger partial charge on any atom is 0.255 e. The predicted octanol–water partition coefficient (Wildman–Crippen LogP) is 6.17. The maximum absolute atomic E-state index is 12.7. The van der Waals surface area contributed by atoms with Crippen LogP contribution in [0.4, 0.5) is 5.69 Å². The third kappa shape index (κ3) is 6.31. The molecule has 9 heteroatoms. The number of ether oxygens (including phenoxy) is 2. The quantitative estimate of drug-likeness (QED) is 0.255. The average Bonchev–Trinajstić information content (AvgIpc) is 3.38. The van der Waals surface area contributed by atoms with Crippen LogP contribution in [0.25, 0.3) is 0 Å². The molecule has 1 aliphatic rings. The molecule has 1 saturated heterocycles. The van der Waals surface area contributed by atoms with E-state index in [2.05, 4.69) is 22.4 Å². The van der Waals surface area contributed by atoms with Crippen molar-refractivity contribution in [1.82, 2.24) is 10.2 Å². The highest BCUT2D eigenvalue weighted by Gasteiger charge is 2.38. The van der Waals surface area contributed by atoms with Gasteiger partial charge >= 0.3 is 0 Å². The summed E-state index contributed by atoms with van der Waals surface area (Å²) in [7, 11) is 0. The van der Waals surface area contributed by atoms with Gasteiger partial charge in [-0.05, 0) is 42.3 Å². The predicted molar refractivity (Wildman–Crippen MR) is 149 cm³/mol. The van der Waals surface area contributed by atoms with Crippen LogP contribution < -0.4 is 5.32 Å². The molecule has 5 rings (SSSR count). The number of aryl methyl sites for hydroxylation is 1. The van der Waals surface area contributed by atoms with Gasteiger partial charge in [0.2, 0.25) is 0 Å². The summed E-state index contributed by atoms with van der Waals surface area (Å²) in [5.74, 6) is 0.588. The fraction of sp³-hybridized carbons (Fsp3) is 0.276. The van der Waals surface area contributed by atoms with E-state index in [0.717, 1.165) is 26.0 Å². The van der Waals surface area contributed by atoms with Crippen molar-refractivity contribution in [3.8, 4) is 0 Å². The minimum atomic E-state index is -0.621. The molecule has 1 aliphatic heterocycles. The average molecular weight is 548 g/mol. The molecule has 4 atom stereocenters. The molecule has 0 aliphatic carbocycles. The molecule has 0 radical (unpaired) electrons. The molecule has 2 heterocycles. The van der Waals surface area contributed by atoms with Gasteiger partial charge in [0, 0.05) is 28.5 Å². The number of nitrogens with zero attached hydrogens (tertiary/aromatic N) is 2. The third-order valence-electron chi connectivity index (χ3n) is 6.45. The molecule has 7 nitrogen and oxygen atoms in total. The number of hydrogen-bond acceptors (Lipinski definition) is 8. The molecule has 1 amide bonds. The lowest BCUT2D eigenvalue weighted by atomic mass is 9.91. The lowest BCUT2D eigenvalue weighted by Crippen LogP contribution is -2.38. The van der Waals surface area contributed by atoms with Crippen molar-refractivity contribution in [1.29, 1.82) is 0 Å². The number of aliphatic hydroxyl groups is 1. The standard InChI is InChI=1S/C29H29N3O4S2/c1-18-25(17-37-29-32-31-19(2)38-29)35-28(36-26(18)21-13-11-20(16-33)12-14-21)23-9-6-10-24(15-23)30-27(34)22-7-4-3-5-8-22/h3-15,18,25-26,28,33H,16-17H2,1-2H3,(H,30,34). The Labute approximate surface area is 230 Å². The van der Waals surface area contributed by atoms with Crippen LogP contribution in [0.2, 0.25) is 0 Å². The van der Waals surface area contributed by atoms with Crippen LogP contribution in [-0.4, -0.2) is 33.1 Å². The zero-order chi connectivity index (χ0) is 26.5. The highest BCUT2D eigenvalue weighted by atomic mass is 32.2. The molecular formula is C29H29N3O4S2. The van der Waals surface area contributed by atoms with Crippen LogP contribution >= 0.6 is 23.1 Å². The Morgan fingerprint density at radius 3 is 2.50 bits per heavy atom. The van der Waals surface area contributed by atoms with E-state index in [-0.39, 0.29) is 30.6 Å². The number of hydrogen-bond donors (Lipinski definition) is 2. The first-order valence-electron chi connectivity index (χ1n) is 12.4. The van der Waals surface area contributed by atoms with Gasteiger partial charge in [-0.15, -0.1) is 10.2 Å². The maximum atomic E-state index is 12.7. The Morgan fingerprint density at radius 1 is 1.00 bits per heavy atom. The molecule has 4 unspecified atom stereocenters. The van der Waals surface area contributed by atoms with Crippen LogP contribution in [0, 0.1) is 12.8 Å². The molecule has 38 heavy (non-hydrogen) atoms. The zero-order valence-electron chi connectivity index (χ0n) is 21.1. The number of amides is 1. The van der Waals surface area contributed by atoms with Crippen LogP contribution in [0.3, 0.4) is 0 Å². The van der Waals surface area contributed by atoms with Crippen molar-refractivity contribution < 1.29 is 19.4 Å². The van der Waals surface area contributed by atoms with Crippen molar-refractivity contribution in [2.75, 3.05) is 11.1 Å². The van der Waals surface area contributed by atoms with E-state index in [0.29, 0.717) is 17.0 Å². The topological polar surface area (TPSA) is 93.6 Å². The molecule has 2 N–H and O–H groups in total. The SMILES string of the molecule is Cc1nnc(SCC2OC(c3cccc(NC(=O)c4ccccc4)c3)OC(c3ccc(CO)cc3)C2C)s1. The van der Waals surface area contributed by atoms with Crippen molar-refractivity contribution >= 4 is 34.7 Å². The minimum absolute atomic E-state index is 0.00484. The Balaban J connectivity index is 1.38. The van der Waals surface area contributed by atoms with Gasteiger partial charge in [-0.3, -0.25) is 4.79 Å². The van der Waals surface area contributed by atoms with E-state index >= 15 is 0 Å². The molecule has 0 spiro atoms. The molecular weight excluding hydrogens is 518 g/mol. The zero-order valence-corrected chi connectivity index (χ0v) is 22.7. The number of carbonyl (C=O) groups excluding carboxylic acids is 1. The van der Waals surface area contributed by atoms with Crippen molar-refractivity contribution in [2.24, 2.45) is 5.92 Å². The number of nitrogens with one attached hydrogen (secondary N) is 1. The molecule has 0 saturated carbocycles. The molecule has 1 fully saturated rings. The smallest absolute Gasteiger partial charge is 0.255 e. The summed E-state index contributed by atoms with van der Waals surface area (Å²) in [4.78, 5) is 12.7. The Kier molecular flexibility index (Phi) is 8.51. The van der Waals surface area contributed by atoms with E-state index in [9.17, 15) is 9.90 Å². The number of carbonyl (C=O) groups is 1. The summed E-state index contributed by atoms with van der Waals surface area (Å²) in [6.07, 6.45) is -0.956. The molecule has 196 valence electrons. The Bertz CT molecular complexity index is 1360. The minimum Gasteiger partial charge on any atom is -0.392 e. The molecule has 4 aromatic rings. The third-order valence-corrected chi connectivity index (χ3v) is 8.52. The van der Waals surface area contributed by atoms with E-state index in [1.807, 2.05) is 73.7 Å². The van der Waals surface area contributed by atoms with Crippen molar-refractivity contribution in [2.45, 2.75) is 43.3 Å². The fourth-order valence-corrected chi connectivity index (χ4v) is 6.36. The second-order valence-electron chi connectivity index (χ2n) is 9.17. The van der Waals surface area contributed by atoms with Gasteiger partial charge in [0.05, 0.1) is 18.8 Å². The van der Waals surface area contributed by atoms with E-state index < -0.39 is 6.29 Å². The van der Waals surface area contributed by atoms with Crippen molar-refractivity contribution in [3.05, 3.63) is 106 Å². The number of aromatic nitrogens is 2. The molecule has 1 aromatic heterocycles. The lowest BCUT2D eigenvalue weighted by molar-refractivity contribution is -0.268. The van der Waals surface area contributed by atoms with Gasteiger partial charge in [0.15, 0.2) is 10.6 Å². The molecule has 3 aromatic carbocycles. The second-order valence-corrected chi connectivity index (χ2v) is 11.6. The molecule has 0 bridgehead atoms. The van der Waals surface area contributed by atoms with E-state index in [4.69, 9.17) is 9.47 Å². The van der Waals surface area contributed by atoms with Gasteiger partial charge < -0.3 is 19.9 Å². The first-order valence-corrected chi connectivity index (χ1v) is 14.2. The number of benzene rings is 3. The highest BCUT2D eigenvalue weighted by Crippen LogP contribution is 2.43. The number of anilines is 1. The van der Waals surface area contributed by atoms with Crippen LogP contribution in [0.5, 0.6) is 0 Å². The summed E-state index contributed by atoms with van der Waals surface area (Å²) < 4.78 is 14.0. The monoisotopic (exact) mass is 547 g/mol. The van der Waals surface area contributed by atoms with Gasteiger partial charge in [-0.25, -0.2) is 0 Å². The first-order chi connectivity index (χ1) is 18.5. The Morgan fingerprint density at radius 2 is 1.79 bits per heavy atom. The van der Waals surface area contributed by atoms with Crippen molar-refractivity contribution in [3.63, 3.8) is 0 Å². The summed E-state index contributed by atoms with van der Waals surface area (Å²) in [5, 5.41) is 21.7. The Hall–Kier alpha value is -3.08. The van der Waals surface area contributed by atoms with Gasteiger partial charge in [0.25, 0.3) is 5.91 Å². The van der Waals surface area contributed by atoms with E-state index in [1.54, 1.807) is 35.2 Å². The summed E-state index contributed by atoms with van der Waals surface area (Å²) in [6.45, 7) is 4.07. The number of rotatable bonds is 8. The number of thioether (sulfide) groups is 1. The van der Waals surface area contributed by atoms with Crippen LogP contribution in [0.15, 0.2) is 83.2 Å². The highest BCUT2D eigenvalue weighted by molar-refractivity contribution is 8.01. The normalized spacial score (nSPS) is 21.2. The van der Waals surface area contributed by atoms with Gasteiger partial charge in [0.1, 0.15) is 5.01 Å². The van der Waals surface area contributed by atoms with Crippen LogP contribution in [0.1, 0.15) is 51.4 Å². The summed E-state index contributed by atoms with van der Waals surface area (Å²) in [5.41, 5.74) is 3.96. The second kappa shape index (κ2) is 12.2.